The van der Waals surface area contributed by atoms with E-state index in [1.807, 2.05) is 49.2 Å². The summed E-state index contributed by atoms with van der Waals surface area (Å²) in [7, 11) is 1.84. The number of rotatable bonds is 4. The Morgan fingerprint density at radius 1 is 1.47 bits per heavy atom. The second-order valence-corrected chi connectivity index (χ2v) is 5.27. The number of benzene rings is 1. The van der Waals surface area contributed by atoms with Crippen molar-refractivity contribution >= 4 is 5.91 Å². The molecule has 0 aromatic heterocycles. The summed E-state index contributed by atoms with van der Waals surface area (Å²) in [6, 6.07) is 10.1. The molecule has 1 aromatic rings. The van der Waals surface area contributed by atoms with Crippen LogP contribution in [0.2, 0.25) is 0 Å². The van der Waals surface area contributed by atoms with Crippen molar-refractivity contribution in [3.8, 4) is 0 Å². The quantitative estimate of drug-likeness (QED) is 0.889. The second-order valence-electron chi connectivity index (χ2n) is 5.27. The van der Waals surface area contributed by atoms with Crippen LogP contribution in [0.25, 0.3) is 0 Å². The van der Waals surface area contributed by atoms with Crippen LogP contribution in [0.15, 0.2) is 30.3 Å². The SMILES string of the molecule is CC(c1ccccc1)N(C)C(=O)CN1CC[C@H](O)C1. The van der Waals surface area contributed by atoms with E-state index < -0.39 is 0 Å². The molecular formula is C15H22N2O2. The summed E-state index contributed by atoms with van der Waals surface area (Å²) in [5.41, 5.74) is 1.14. The third kappa shape index (κ3) is 3.55. The highest BCUT2D eigenvalue weighted by Crippen LogP contribution is 2.19. The molecule has 1 aliphatic heterocycles. The van der Waals surface area contributed by atoms with Gasteiger partial charge in [-0.2, -0.15) is 0 Å². The molecule has 4 heteroatoms. The van der Waals surface area contributed by atoms with E-state index in [2.05, 4.69) is 0 Å². The van der Waals surface area contributed by atoms with E-state index in [0.29, 0.717) is 13.1 Å². The lowest BCUT2D eigenvalue weighted by Gasteiger charge is -2.27. The maximum atomic E-state index is 12.2. The van der Waals surface area contributed by atoms with Gasteiger partial charge in [0, 0.05) is 20.1 Å². The van der Waals surface area contributed by atoms with Crippen LogP contribution in [0.3, 0.4) is 0 Å². The Bertz CT molecular complexity index is 421. The van der Waals surface area contributed by atoms with Crippen LogP contribution in [0.1, 0.15) is 24.9 Å². The van der Waals surface area contributed by atoms with Gasteiger partial charge in [-0.25, -0.2) is 0 Å². The Kier molecular flexibility index (Phi) is 4.56. The highest BCUT2D eigenvalue weighted by molar-refractivity contribution is 5.78. The van der Waals surface area contributed by atoms with E-state index in [4.69, 9.17) is 0 Å². The van der Waals surface area contributed by atoms with Gasteiger partial charge in [0.1, 0.15) is 0 Å². The summed E-state index contributed by atoms with van der Waals surface area (Å²) >= 11 is 0. The first-order valence-corrected chi connectivity index (χ1v) is 6.79. The van der Waals surface area contributed by atoms with Gasteiger partial charge in [-0.1, -0.05) is 30.3 Å². The minimum Gasteiger partial charge on any atom is -0.392 e. The lowest BCUT2D eigenvalue weighted by atomic mass is 10.1. The molecule has 1 unspecified atom stereocenters. The average Bonchev–Trinajstić information content (AvgIpc) is 2.83. The number of amides is 1. The fraction of sp³-hybridized carbons (Fsp3) is 0.533. The van der Waals surface area contributed by atoms with Crippen LogP contribution < -0.4 is 0 Å². The van der Waals surface area contributed by atoms with Gasteiger partial charge in [0.2, 0.25) is 5.91 Å². The minimum absolute atomic E-state index is 0.0706. The fourth-order valence-corrected chi connectivity index (χ4v) is 2.43. The Hall–Kier alpha value is -1.39. The molecule has 1 saturated heterocycles. The molecule has 1 amide bonds. The van der Waals surface area contributed by atoms with E-state index in [9.17, 15) is 9.90 Å². The van der Waals surface area contributed by atoms with Crippen LogP contribution in [-0.2, 0) is 4.79 Å². The summed E-state index contributed by atoms with van der Waals surface area (Å²) in [4.78, 5) is 16.0. The van der Waals surface area contributed by atoms with Gasteiger partial charge in [0.25, 0.3) is 0 Å². The third-order valence-corrected chi connectivity index (χ3v) is 3.86. The van der Waals surface area contributed by atoms with Crippen molar-refractivity contribution in [1.82, 2.24) is 9.80 Å². The number of hydrogen-bond donors (Lipinski definition) is 1. The van der Waals surface area contributed by atoms with Gasteiger partial charge in [0.05, 0.1) is 18.7 Å². The van der Waals surface area contributed by atoms with Crippen molar-refractivity contribution in [1.29, 1.82) is 0 Å². The lowest BCUT2D eigenvalue weighted by Crippen LogP contribution is -2.38. The normalized spacial score (nSPS) is 21.3. The van der Waals surface area contributed by atoms with Crippen molar-refractivity contribution in [3.63, 3.8) is 0 Å². The van der Waals surface area contributed by atoms with Gasteiger partial charge in [-0.05, 0) is 18.9 Å². The van der Waals surface area contributed by atoms with Crippen LogP contribution >= 0.6 is 0 Å². The number of nitrogens with zero attached hydrogens (tertiary/aromatic N) is 2. The number of likely N-dealkylation sites (tertiary alicyclic amines) is 1. The summed E-state index contributed by atoms with van der Waals surface area (Å²) in [5.74, 6) is 0.102. The zero-order valence-electron chi connectivity index (χ0n) is 11.6. The molecule has 1 N–H and O–H groups in total. The Morgan fingerprint density at radius 2 is 2.16 bits per heavy atom. The van der Waals surface area contributed by atoms with Gasteiger partial charge in [0.15, 0.2) is 0 Å². The molecular weight excluding hydrogens is 240 g/mol. The van der Waals surface area contributed by atoms with Crippen LogP contribution in [0.4, 0.5) is 0 Å². The highest BCUT2D eigenvalue weighted by atomic mass is 16.3. The number of hydrogen-bond acceptors (Lipinski definition) is 3. The molecule has 0 radical (unpaired) electrons. The van der Waals surface area contributed by atoms with E-state index in [-0.39, 0.29) is 18.1 Å². The number of likely N-dealkylation sites (N-methyl/N-ethyl adjacent to an activating group) is 1. The zero-order valence-corrected chi connectivity index (χ0v) is 11.6. The first-order chi connectivity index (χ1) is 9.08. The van der Waals surface area contributed by atoms with Crippen molar-refractivity contribution in [2.75, 3.05) is 26.7 Å². The molecule has 1 fully saturated rings. The predicted octanol–water partition coefficient (Wildman–Crippen LogP) is 1.27. The summed E-state index contributed by atoms with van der Waals surface area (Å²) < 4.78 is 0. The first kappa shape index (κ1) is 14.0. The highest BCUT2D eigenvalue weighted by Gasteiger charge is 2.25. The van der Waals surface area contributed by atoms with E-state index in [1.165, 1.54) is 0 Å². The number of carbonyl (C=O) groups is 1. The van der Waals surface area contributed by atoms with E-state index >= 15 is 0 Å². The number of β-amino-alcohol motifs (C(OH)–C–C–N with tert-alkyl or cyclic N) is 1. The lowest BCUT2D eigenvalue weighted by molar-refractivity contribution is -0.132. The number of carbonyl (C=O) groups excluding carboxylic acids is 1. The molecule has 1 aliphatic rings. The smallest absolute Gasteiger partial charge is 0.236 e. The fourth-order valence-electron chi connectivity index (χ4n) is 2.43. The van der Waals surface area contributed by atoms with Gasteiger partial charge >= 0.3 is 0 Å². The largest absolute Gasteiger partial charge is 0.392 e. The summed E-state index contributed by atoms with van der Waals surface area (Å²) in [6.45, 7) is 3.84. The number of aliphatic hydroxyl groups excluding tert-OH is 1. The van der Waals surface area contributed by atoms with E-state index in [0.717, 1.165) is 18.5 Å². The topological polar surface area (TPSA) is 43.8 Å². The maximum Gasteiger partial charge on any atom is 0.236 e. The Labute approximate surface area is 114 Å². The van der Waals surface area contributed by atoms with Crippen molar-refractivity contribution in [3.05, 3.63) is 35.9 Å². The third-order valence-electron chi connectivity index (χ3n) is 3.86. The summed E-state index contributed by atoms with van der Waals surface area (Å²) in [6.07, 6.45) is 0.496. The molecule has 1 aromatic carbocycles. The molecule has 4 nitrogen and oxygen atoms in total. The standard InChI is InChI=1S/C15H22N2O2/c1-12(13-6-4-3-5-7-13)16(2)15(19)11-17-9-8-14(18)10-17/h3-7,12,14,18H,8-11H2,1-2H3/t12?,14-/m0/s1. The number of aliphatic hydroxyl groups is 1. The zero-order chi connectivity index (χ0) is 13.8. The van der Waals surface area contributed by atoms with Crippen LogP contribution in [0, 0.1) is 0 Å². The maximum absolute atomic E-state index is 12.2. The molecule has 2 rings (SSSR count). The Morgan fingerprint density at radius 3 is 2.74 bits per heavy atom. The molecule has 0 saturated carbocycles. The predicted molar refractivity (Wildman–Crippen MR) is 74.7 cm³/mol. The van der Waals surface area contributed by atoms with Crippen molar-refractivity contribution in [2.45, 2.75) is 25.5 Å². The van der Waals surface area contributed by atoms with Gasteiger partial charge in [-0.3, -0.25) is 9.69 Å². The van der Waals surface area contributed by atoms with Gasteiger partial charge in [-0.15, -0.1) is 0 Å². The Balaban J connectivity index is 1.92. The molecule has 104 valence electrons. The molecule has 2 atom stereocenters. The molecule has 1 heterocycles. The average molecular weight is 262 g/mol. The molecule has 0 bridgehead atoms. The van der Waals surface area contributed by atoms with Crippen molar-refractivity contribution in [2.24, 2.45) is 0 Å². The minimum atomic E-state index is -0.273. The van der Waals surface area contributed by atoms with Gasteiger partial charge < -0.3 is 10.0 Å². The van der Waals surface area contributed by atoms with Crippen LogP contribution in [-0.4, -0.2) is 53.6 Å². The molecule has 0 spiro atoms. The van der Waals surface area contributed by atoms with Crippen molar-refractivity contribution < 1.29 is 9.90 Å². The molecule has 0 aliphatic carbocycles. The van der Waals surface area contributed by atoms with E-state index in [1.54, 1.807) is 4.90 Å². The van der Waals surface area contributed by atoms with Crippen LogP contribution in [0.5, 0.6) is 0 Å². The monoisotopic (exact) mass is 262 g/mol. The summed E-state index contributed by atoms with van der Waals surface area (Å²) in [5, 5.41) is 9.47. The molecule has 19 heavy (non-hydrogen) atoms. The first-order valence-electron chi connectivity index (χ1n) is 6.79. The second kappa shape index (κ2) is 6.17.